The number of halogens is 2. The van der Waals surface area contributed by atoms with Gasteiger partial charge in [-0.1, -0.05) is 0 Å². The van der Waals surface area contributed by atoms with Gasteiger partial charge in [-0.05, 0) is 43.7 Å². The molecule has 32 heavy (non-hydrogen) atoms. The fourth-order valence-electron chi connectivity index (χ4n) is 4.16. The third kappa shape index (κ3) is 4.15. The van der Waals surface area contributed by atoms with Crippen LogP contribution >= 0.6 is 0 Å². The molecule has 0 aliphatic carbocycles. The summed E-state index contributed by atoms with van der Waals surface area (Å²) >= 11 is 0. The summed E-state index contributed by atoms with van der Waals surface area (Å²) in [4.78, 5) is 13.7. The lowest BCUT2D eigenvalue weighted by molar-refractivity contribution is -0.131. The van der Waals surface area contributed by atoms with Crippen LogP contribution in [0.4, 0.5) is 26.4 Å². The predicted molar refractivity (Wildman–Crippen MR) is 117 cm³/mol. The van der Waals surface area contributed by atoms with Crippen molar-refractivity contribution in [3.63, 3.8) is 0 Å². The van der Waals surface area contributed by atoms with Gasteiger partial charge in [-0.25, -0.2) is 18.4 Å². The highest BCUT2D eigenvalue weighted by molar-refractivity contribution is 5.55. The van der Waals surface area contributed by atoms with Crippen LogP contribution in [0.3, 0.4) is 0 Å². The summed E-state index contributed by atoms with van der Waals surface area (Å²) in [5, 5.41) is 7.37. The molecule has 0 atom stereocenters. The van der Waals surface area contributed by atoms with Crippen molar-refractivity contribution in [2.75, 3.05) is 49.6 Å². The van der Waals surface area contributed by atoms with E-state index in [1.807, 2.05) is 13.0 Å². The third-order valence-electron chi connectivity index (χ3n) is 5.99. The number of anilines is 3. The molecule has 3 aromatic rings. The molecule has 8 nitrogen and oxygen atoms in total. The summed E-state index contributed by atoms with van der Waals surface area (Å²) in [5.41, 5.74) is 1.48. The molecule has 4 heterocycles. The molecule has 2 aliphatic rings. The fourth-order valence-corrected chi connectivity index (χ4v) is 4.16. The molecule has 2 aromatic heterocycles. The second-order valence-corrected chi connectivity index (χ2v) is 8.62. The number of piperazine rings is 1. The number of hydrogen-bond donors (Lipinski definition) is 1. The quantitative estimate of drug-likeness (QED) is 0.653. The van der Waals surface area contributed by atoms with Crippen LogP contribution in [0.5, 0.6) is 0 Å². The van der Waals surface area contributed by atoms with Crippen molar-refractivity contribution < 1.29 is 13.5 Å². The molecule has 1 N–H and O–H groups in total. The third-order valence-corrected chi connectivity index (χ3v) is 5.99. The second kappa shape index (κ2) is 8.10. The average molecular weight is 441 g/mol. The molecule has 2 fully saturated rings. The number of nitrogens with zero attached hydrogens (tertiary/aromatic N) is 6. The Hall–Kier alpha value is -3.11. The van der Waals surface area contributed by atoms with Crippen molar-refractivity contribution >= 4 is 17.6 Å². The van der Waals surface area contributed by atoms with Crippen molar-refractivity contribution in [1.29, 1.82) is 0 Å². The van der Waals surface area contributed by atoms with Gasteiger partial charge in [0.25, 0.3) is 0 Å². The SMILES string of the molecule is Cc1cc(Nc2ncn(-c3cc(F)cc(F)c3)n2)nc(N2CCN(C3(C)COC3)CC2)c1. The number of pyridine rings is 1. The second-order valence-electron chi connectivity index (χ2n) is 8.62. The summed E-state index contributed by atoms with van der Waals surface area (Å²) in [6, 6.07) is 7.18. The van der Waals surface area contributed by atoms with E-state index in [2.05, 4.69) is 38.2 Å². The van der Waals surface area contributed by atoms with Crippen molar-refractivity contribution in [3.05, 3.63) is 53.9 Å². The van der Waals surface area contributed by atoms with Crippen molar-refractivity contribution in [1.82, 2.24) is 24.6 Å². The van der Waals surface area contributed by atoms with Crippen LogP contribution in [0.15, 0.2) is 36.7 Å². The Balaban J connectivity index is 1.29. The first-order valence-electron chi connectivity index (χ1n) is 10.6. The van der Waals surface area contributed by atoms with Crippen molar-refractivity contribution in [2.24, 2.45) is 0 Å². The summed E-state index contributed by atoms with van der Waals surface area (Å²) in [7, 11) is 0. The monoisotopic (exact) mass is 441 g/mol. The molecule has 0 amide bonds. The minimum absolute atomic E-state index is 0.161. The molecule has 0 spiro atoms. The highest BCUT2D eigenvalue weighted by atomic mass is 19.1. The molecule has 10 heteroatoms. The van der Waals surface area contributed by atoms with E-state index in [1.165, 1.54) is 23.1 Å². The molecule has 1 aromatic carbocycles. The standard InChI is InChI=1S/C22H25F2N7O/c1-15-7-19(27-21-25-14-31(28-21)18-10-16(23)9-17(24)11-18)26-20(8-15)29-3-5-30(6-4-29)22(2)12-32-13-22/h7-11,14H,3-6,12-13H2,1-2H3,(H,26,27,28). The molecule has 0 unspecified atom stereocenters. The number of aryl methyl sites for hydroxylation is 1. The highest BCUT2D eigenvalue weighted by Gasteiger charge is 2.40. The van der Waals surface area contributed by atoms with Crippen LogP contribution in [0, 0.1) is 18.6 Å². The van der Waals surface area contributed by atoms with Crippen molar-refractivity contribution in [2.45, 2.75) is 19.4 Å². The Morgan fingerprint density at radius 3 is 2.38 bits per heavy atom. The zero-order valence-corrected chi connectivity index (χ0v) is 18.1. The highest BCUT2D eigenvalue weighted by Crippen LogP contribution is 2.27. The molecule has 0 radical (unpaired) electrons. The average Bonchev–Trinajstić information content (AvgIpc) is 3.19. The van der Waals surface area contributed by atoms with E-state index >= 15 is 0 Å². The largest absolute Gasteiger partial charge is 0.377 e. The Morgan fingerprint density at radius 2 is 1.72 bits per heavy atom. The minimum atomic E-state index is -0.672. The number of benzene rings is 1. The lowest BCUT2D eigenvalue weighted by Crippen LogP contribution is -2.64. The summed E-state index contributed by atoms with van der Waals surface area (Å²) in [6.45, 7) is 9.58. The van der Waals surface area contributed by atoms with Gasteiger partial charge in [0, 0.05) is 32.2 Å². The lowest BCUT2D eigenvalue weighted by atomic mass is 9.97. The Bertz CT molecular complexity index is 1100. The van der Waals surface area contributed by atoms with E-state index in [0.717, 1.165) is 56.8 Å². The maximum Gasteiger partial charge on any atom is 0.248 e. The Morgan fingerprint density at radius 1 is 1.00 bits per heavy atom. The van der Waals surface area contributed by atoms with Crippen LogP contribution in [-0.4, -0.2) is 69.6 Å². The Labute approximate surface area is 184 Å². The van der Waals surface area contributed by atoms with Crippen LogP contribution in [0.2, 0.25) is 0 Å². The number of nitrogens with one attached hydrogen (secondary N) is 1. The van der Waals surface area contributed by atoms with Crippen molar-refractivity contribution in [3.8, 4) is 5.69 Å². The van der Waals surface area contributed by atoms with Gasteiger partial charge in [0.15, 0.2) is 0 Å². The van der Waals surface area contributed by atoms with Gasteiger partial charge in [0.1, 0.15) is 29.6 Å². The summed E-state index contributed by atoms with van der Waals surface area (Å²) in [6.07, 6.45) is 1.40. The molecule has 168 valence electrons. The van der Waals surface area contributed by atoms with Crippen LogP contribution in [0.1, 0.15) is 12.5 Å². The maximum atomic E-state index is 13.5. The van der Waals surface area contributed by atoms with E-state index in [9.17, 15) is 8.78 Å². The molecular weight excluding hydrogens is 416 g/mol. The normalized spacial score (nSPS) is 18.4. The first-order chi connectivity index (χ1) is 15.4. The van der Waals surface area contributed by atoms with Crippen LogP contribution in [-0.2, 0) is 4.74 Å². The number of aromatic nitrogens is 4. The zero-order chi connectivity index (χ0) is 22.3. The van der Waals surface area contributed by atoms with E-state index in [4.69, 9.17) is 9.72 Å². The maximum absolute atomic E-state index is 13.5. The smallest absolute Gasteiger partial charge is 0.248 e. The van der Waals surface area contributed by atoms with Gasteiger partial charge in [-0.2, -0.15) is 4.98 Å². The van der Waals surface area contributed by atoms with Gasteiger partial charge >= 0.3 is 0 Å². The lowest BCUT2D eigenvalue weighted by Gasteiger charge is -2.50. The van der Waals surface area contributed by atoms with Crippen LogP contribution in [0.25, 0.3) is 5.69 Å². The number of hydrogen-bond acceptors (Lipinski definition) is 7. The van der Waals surface area contributed by atoms with E-state index < -0.39 is 11.6 Å². The molecular formula is C22H25F2N7O. The Kier molecular flexibility index (Phi) is 5.26. The first kappa shape index (κ1) is 20.8. The van der Waals surface area contributed by atoms with Gasteiger partial charge in [0.05, 0.1) is 24.4 Å². The van der Waals surface area contributed by atoms with E-state index in [0.29, 0.717) is 11.8 Å². The van der Waals surface area contributed by atoms with Gasteiger partial charge in [-0.3, -0.25) is 4.90 Å². The summed E-state index contributed by atoms with van der Waals surface area (Å²) in [5.74, 6) is 0.461. The van der Waals surface area contributed by atoms with E-state index in [1.54, 1.807) is 0 Å². The van der Waals surface area contributed by atoms with Gasteiger partial charge in [0.2, 0.25) is 5.95 Å². The zero-order valence-electron chi connectivity index (χ0n) is 18.1. The minimum Gasteiger partial charge on any atom is -0.377 e. The van der Waals surface area contributed by atoms with Gasteiger partial charge in [-0.15, -0.1) is 5.10 Å². The molecule has 2 aliphatic heterocycles. The van der Waals surface area contributed by atoms with Crippen LogP contribution < -0.4 is 10.2 Å². The fraction of sp³-hybridized carbons (Fsp3) is 0.409. The number of ether oxygens (including phenoxy) is 1. The topological polar surface area (TPSA) is 71.3 Å². The molecule has 2 saturated heterocycles. The molecule has 5 rings (SSSR count). The van der Waals surface area contributed by atoms with Gasteiger partial charge < -0.3 is 15.0 Å². The van der Waals surface area contributed by atoms with E-state index in [-0.39, 0.29) is 11.2 Å². The summed E-state index contributed by atoms with van der Waals surface area (Å²) < 4.78 is 33.7. The predicted octanol–water partition coefficient (Wildman–Crippen LogP) is 2.90. The number of rotatable bonds is 5. The first-order valence-corrected chi connectivity index (χ1v) is 10.6. The molecule has 0 bridgehead atoms. The molecule has 0 saturated carbocycles.